The molecule has 0 saturated carbocycles. The van der Waals surface area contributed by atoms with E-state index in [0.29, 0.717) is 12.2 Å². The topological polar surface area (TPSA) is 26.3 Å². The van der Waals surface area contributed by atoms with Gasteiger partial charge in [-0.2, -0.15) is 0 Å². The van der Waals surface area contributed by atoms with Crippen molar-refractivity contribution in [3.8, 4) is 0 Å². The molecule has 3 heteroatoms. The number of halogens is 1. The Labute approximate surface area is 97.8 Å². The number of hydrogen-bond donors (Lipinski definition) is 0. The van der Waals surface area contributed by atoms with Gasteiger partial charge in [0.15, 0.2) is 0 Å². The minimum Gasteiger partial charge on any atom is -0.462 e. The van der Waals surface area contributed by atoms with Gasteiger partial charge in [0, 0.05) is 3.57 Å². The summed E-state index contributed by atoms with van der Waals surface area (Å²) in [5.41, 5.74) is 1.90. The quantitative estimate of drug-likeness (QED) is 0.634. The SMILES string of the molecule is CCOC(=O)c1ccc(CC)c(I)c1. The Hall–Kier alpha value is -0.580. The fourth-order valence-electron chi connectivity index (χ4n) is 1.18. The maximum absolute atomic E-state index is 11.4. The van der Waals surface area contributed by atoms with Crippen LogP contribution in [0.1, 0.15) is 29.8 Å². The van der Waals surface area contributed by atoms with Crippen LogP contribution in [0.25, 0.3) is 0 Å². The van der Waals surface area contributed by atoms with Gasteiger partial charge in [0.25, 0.3) is 0 Å². The van der Waals surface area contributed by atoms with Gasteiger partial charge in [-0.1, -0.05) is 13.0 Å². The van der Waals surface area contributed by atoms with Crippen LogP contribution in [0.2, 0.25) is 0 Å². The molecule has 1 aromatic rings. The molecule has 1 aromatic carbocycles. The third-order valence-corrected chi connectivity index (χ3v) is 2.95. The van der Waals surface area contributed by atoms with Gasteiger partial charge in [-0.25, -0.2) is 4.79 Å². The van der Waals surface area contributed by atoms with Crippen molar-refractivity contribution in [1.29, 1.82) is 0 Å². The highest BCUT2D eigenvalue weighted by Crippen LogP contribution is 2.15. The van der Waals surface area contributed by atoms with Crippen LogP contribution in [0.3, 0.4) is 0 Å². The van der Waals surface area contributed by atoms with E-state index in [4.69, 9.17) is 4.74 Å². The molecule has 1 rings (SSSR count). The molecule has 0 bridgehead atoms. The summed E-state index contributed by atoms with van der Waals surface area (Å²) < 4.78 is 6.04. The van der Waals surface area contributed by atoms with Crippen LogP contribution in [0.5, 0.6) is 0 Å². The van der Waals surface area contributed by atoms with Crippen LogP contribution in [-0.2, 0) is 11.2 Å². The highest BCUT2D eigenvalue weighted by molar-refractivity contribution is 14.1. The van der Waals surface area contributed by atoms with Crippen molar-refractivity contribution in [3.63, 3.8) is 0 Å². The lowest BCUT2D eigenvalue weighted by molar-refractivity contribution is 0.0526. The fraction of sp³-hybridized carbons (Fsp3) is 0.364. The number of esters is 1. The van der Waals surface area contributed by atoms with E-state index in [1.807, 2.05) is 25.1 Å². The van der Waals surface area contributed by atoms with Gasteiger partial charge in [0.2, 0.25) is 0 Å². The summed E-state index contributed by atoms with van der Waals surface area (Å²) in [5.74, 6) is -0.243. The minimum absolute atomic E-state index is 0.243. The molecule has 0 N–H and O–H groups in total. The summed E-state index contributed by atoms with van der Waals surface area (Å²) in [5, 5.41) is 0. The smallest absolute Gasteiger partial charge is 0.338 e. The molecule has 76 valence electrons. The van der Waals surface area contributed by atoms with Crippen molar-refractivity contribution in [2.75, 3.05) is 6.61 Å². The Balaban J connectivity index is 2.91. The number of benzene rings is 1. The lowest BCUT2D eigenvalue weighted by atomic mass is 10.1. The Morgan fingerprint density at radius 1 is 1.43 bits per heavy atom. The predicted molar refractivity (Wildman–Crippen MR) is 64.5 cm³/mol. The molecule has 0 fully saturated rings. The molecule has 0 saturated heterocycles. The van der Waals surface area contributed by atoms with Gasteiger partial charge >= 0.3 is 5.97 Å². The summed E-state index contributed by atoms with van der Waals surface area (Å²) in [4.78, 5) is 11.4. The summed E-state index contributed by atoms with van der Waals surface area (Å²) in [7, 11) is 0. The molecule has 0 amide bonds. The van der Waals surface area contributed by atoms with Crippen LogP contribution >= 0.6 is 22.6 Å². The third kappa shape index (κ3) is 2.70. The molecule has 0 aliphatic heterocycles. The predicted octanol–water partition coefficient (Wildman–Crippen LogP) is 3.03. The molecular formula is C11H13IO2. The third-order valence-electron chi connectivity index (χ3n) is 1.95. The van der Waals surface area contributed by atoms with E-state index in [0.717, 1.165) is 9.99 Å². The lowest BCUT2D eigenvalue weighted by Crippen LogP contribution is -2.05. The van der Waals surface area contributed by atoms with E-state index in [1.54, 1.807) is 0 Å². The van der Waals surface area contributed by atoms with Crippen molar-refractivity contribution in [2.24, 2.45) is 0 Å². The summed E-state index contributed by atoms with van der Waals surface area (Å²) in [6.07, 6.45) is 0.987. The molecule has 0 spiro atoms. The van der Waals surface area contributed by atoms with Gasteiger partial charge in [-0.05, 0) is 53.6 Å². The van der Waals surface area contributed by atoms with Gasteiger partial charge in [-0.3, -0.25) is 0 Å². The average Bonchev–Trinajstić information content (AvgIpc) is 2.18. The zero-order chi connectivity index (χ0) is 10.6. The van der Waals surface area contributed by atoms with Gasteiger partial charge in [-0.15, -0.1) is 0 Å². The first-order valence-electron chi connectivity index (χ1n) is 4.64. The Bertz CT molecular complexity index is 334. The first kappa shape index (κ1) is 11.5. The van der Waals surface area contributed by atoms with E-state index >= 15 is 0 Å². The second kappa shape index (κ2) is 5.34. The van der Waals surface area contributed by atoms with Crippen LogP contribution < -0.4 is 0 Å². The molecule has 0 heterocycles. The van der Waals surface area contributed by atoms with Gasteiger partial charge in [0.1, 0.15) is 0 Å². The number of carbonyl (C=O) groups is 1. The van der Waals surface area contributed by atoms with E-state index in [1.165, 1.54) is 5.56 Å². The van der Waals surface area contributed by atoms with Crippen molar-refractivity contribution in [2.45, 2.75) is 20.3 Å². The number of rotatable bonds is 3. The van der Waals surface area contributed by atoms with Gasteiger partial charge < -0.3 is 4.74 Å². The van der Waals surface area contributed by atoms with E-state index in [-0.39, 0.29) is 5.97 Å². The number of aryl methyl sites for hydroxylation is 1. The monoisotopic (exact) mass is 304 g/mol. The zero-order valence-corrected chi connectivity index (χ0v) is 10.5. The molecule has 0 aliphatic rings. The maximum Gasteiger partial charge on any atom is 0.338 e. The highest BCUT2D eigenvalue weighted by Gasteiger charge is 2.07. The van der Waals surface area contributed by atoms with Gasteiger partial charge in [0.05, 0.1) is 12.2 Å². The van der Waals surface area contributed by atoms with Crippen LogP contribution in [-0.4, -0.2) is 12.6 Å². The Kier molecular flexibility index (Phi) is 4.38. The maximum atomic E-state index is 11.4. The zero-order valence-electron chi connectivity index (χ0n) is 8.34. The first-order valence-corrected chi connectivity index (χ1v) is 5.72. The molecule has 0 radical (unpaired) electrons. The summed E-state index contributed by atoms with van der Waals surface area (Å²) in [6, 6.07) is 5.67. The summed E-state index contributed by atoms with van der Waals surface area (Å²) in [6.45, 7) is 4.33. The molecule has 0 unspecified atom stereocenters. The number of hydrogen-bond acceptors (Lipinski definition) is 2. The molecular weight excluding hydrogens is 291 g/mol. The minimum atomic E-state index is -0.243. The fourth-order valence-corrected chi connectivity index (χ4v) is 2.07. The second-order valence-electron chi connectivity index (χ2n) is 2.88. The van der Waals surface area contributed by atoms with Crippen LogP contribution in [0, 0.1) is 3.57 Å². The van der Waals surface area contributed by atoms with E-state index < -0.39 is 0 Å². The molecule has 14 heavy (non-hydrogen) atoms. The number of carbonyl (C=O) groups excluding carboxylic acids is 1. The van der Waals surface area contributed by atoms with E-state index in [9.17, 15) is 4.79 Å². The van der Waals surface area contributed by atoms with Crippen molar-refractivity contribution >= 4 is 28.6 Å². The lowest BCUT2D eigenvalue weighted by Gasteiger charge is -2.05. The van der Waals surface area contributed by atoms with Crippen LogP contribution in [0.15, 0.2) is 18.2 Å². The van der Waals surface area contributed by atoms with Crippen molar-refractivity contribution in [1.82, 2.24) is 0 Å². The van der Waals surface area contributed by atoms with Crippen LogP contribution in [0.4, 0.5) is 0 Å². The second-order valence-corrected chi connectivity index (χ2v) is 4.04. The largest absolute Gasteiger partial charge is 0.462 e. The van der Waals surface area contributed by atoms with Crippen molar-refractivity contribution < 1.29 is 9.53 Å². The molecule has 2 nitrogen and oxygen atoms in total. The summed E-state index contributed by atoms with van der Waals surface area (Å²) >= 11 is 2.24. The van der Waals surface area contributed by atoms with Crippen molar-refractivity contribution in [3.05, 3.63) is 32.9 Å². The molecule has 0 atom stereocenters. The normalized spacial score (nSPS) is 9.93. The first-order chi connectivity index (χ1) is 6.69. The standard InChI is InChI=1S/C11H13IO2/c1-3-8-5-6-9(7-10(8)12)11(13)14-4-2/h5-7H,3-4H2,1-2H3. The molecule has 0 aliphatic carbocycles. The molecule has 0 aromatic heterocycles. The highest BCUT2D eigenvalue weighted by atomic mass is 127. The Morgan fingerprint density at radius 2 is 2.14 bits per heavy atom. The number of ether oxygens (including phenoxy) is 1. The van der Waals surface area contributed by atoms with E-state index in [2.05, 4.69) is 29.5 Å². The Morgan fingerprint density at radius 3 is 2.64 bits per heavy atom. The average molecular weight is 304 g/mol.